The summed E-state index contributed by atoms with van der Waals surface area (Å²) in [5.41, 5.74) is 2.02. The molecule has 1 aromatic heterocycles. The van der Waals surface area contributed by atoms with Crippen molar-refractivity contribution in [1.82, 2.24) is 14.8 Å². The number of nitrogens with zero attached hydrogens (tertiary/aromatic N) is 2. The van der Waals surface area contributed by atoms with E-state index in [2.05, 4.69) is 33.4 Å². The van der Waals surface area contributed by atoms with Gasteiger partial charge in [-0.05, 0) is 67.1 Å². The van der Waals surface area contributed by atoms with Crippen LogP contribution in [0, 0.1) is 5.92 Å². The van der Waals surface area contributed by atoms with Gasteiger partial charge in [-0.15, -0.1) is 11.8 Å². The van der Waals surface area contributed by atoms with Gasteiger partial charge in [0.15, 0.2) is 0 Å². The zero-order valence-electron chi connectivity index (χ0n) is 18.3. The fourth-order valence-corrected chi connectivity index (χ4v) is 5.92. The molecule has 1 aliphatic carbocycles. The standard InChI is InChI=1S/C24H30BrN3O3S/c1-27-7-5-17(12-23(27)30)21-4-6-26-14-22(21)24(31)28(19-2-3-19)15-16-10-18(25)13-20(11-16)32-9-8-29/h5,7,10-13,19,21-22,26,29H,2-4,6,8-9,14-15H2,1H3/t21-,22+/m1/s1. The fourth-order valence-electron chi connectivity index (χ4n) is 4.45. The van der Waals surface area contributed by atoms with Crippen LogP contribution in [0.25, 0.3) is 0 Å². The smallest absolute Gasteiger partial charge is 0.250 e. The summed E-state index contributed by atoms with van der Waals surface area (Å²) in [6, 6.07) is 10.2. The van der Waals surface area contributed by atoms with Crippen LogP contribution in [0.3, 0.4) is 0 Å². The van der Waals surface area contributed by atoms with E-state index in [4.69, 9.17) is 5.11 Å². The molecule has 1 aliphatic heterocycles. The van der Waals surface area contributed by atoms with Crippen molar-refractivity contribution in [2.45, 2.75) is 42.7 Å². The third-order valence-electron chi connectivity index (χ3n) is 6.27. The number of benzene rings is 1. The monoisotopic (exact) mass is 519 g/mol. The second kappa shape index (κ2) is 10.5. The minimum Gasteiger partial charge on any atom is -0.396 e. The number of aliphatic hydroxyl groups is 1. The highest BCUT2D eigenvalue weighted by Crippen LogP contribution is 2.36. The molecule has 8 heteroatoms. The third kappa shape index (κ3) is 5.65. The Balaban J connectivity index is 1.56. The molecular weight excluding hydrogens is 490 g/mol. The zero-order valence-corrected chi connectivity index (χ0v) is 20.7. The number of rotatable bonds is 8. The van der Waals surface area contributed by atoms with Crippen molar-refractivity contribution in [3.63, 3.8) is 0 Å². The van der Waals surface area contributed by atoms with E-state index in [1.54, 1.807) is 35.6 Å². The molecule has 1 amide bonds. The minimum absolute atomic E-state index is 0.0340. The van der Waals surface area contributed by atoms with E-state index in [0.717, 1.165) is 46.3 Å². The maximum absolute atomic E-state index is 13.8. The van der Waals surface area contributed by atoms with Crippen molar-refractivity contribution in [3.05, 3.63) is 62.5 Å². The average Bonchev–Trinajstić information content (AvgIpc) is 3.62. The number of aliphatic hydroxyl groups excluding tert-OH is 1. The van der Waals surface area contributed by atoms with Gasteiger partial charge < -0.3 is 19.9 Å². The maximum atomic E-state index is 13.8. The molecule has 2 aromatic rings. The molecular formula is C24H30BrN3O3S. The molecule has 2 aliphatic rings. The summed E-state index contributed by atoms with van der Waals surface area (Å²) in [4.78, 5) is 29.2. The number of nitrogens with one attached hydrogen (secondary N) is 1. The number of aryl methyl sites for hydroxylation is 1. The van der Waals surface area contributed by atoms with Crippen molar-refractivity contribution in [2.24, 2.45) is 13.0 Å². The first-order valence-electron chi connectivity index (χ1n) is 11.2. The Labute approximate surface area is 201 Å². The van der Waals surface area contributed by atoms with E-state index in [1.807, 2.05) is 17.0 Å². The summed E-state index contributed by atoms with van der Waals surface area (Å²) in [5.74, 6) is 0.700. The van der Waals surface area contributed by atoms with Crippen LogP contribution in [0.15, 0.2) is 50.7 Å². The molecule has 32 heavy (non-hydrogen) atoms. The van der Waals surface area contributed by atoms with Crippen LogP contribution in [-0.2, 0) is 18.4 Å². The van der Waals surface area contributed by atoms with Crippen LogP contribution in [0.2, 0.25) is 0 Å². The molecule has 172 valence electrons. The summed E-state index contributed by atoms with van der Waals surface area (Å²) in [7, 11) is 1.75. The van der Waals surface area contributed by atoms with Crippen LogP contribution >= 0.6 is 27.7 Å². The molecule has 0 unspecified atom stereocenters. The van der Waals surface area contributed by atoms with Gasteiger partial charge in [0, 0.05) is 53.6 Å². The van der Waals surface area contributed by atoms with Gasteiger partial charge in [-0.2, -0.15) is 0 Å². The zero-order chi connectivity index (χ0) is 22.7. The highest BCUT2D eigenvalue weighted by atomic mass is 79.9. The van der Waals surface area contributed by atoms with E-state index in [1.165, 1.54) is 0 Å². The van der Waals surface area contributed by atoms with E-state index in [9.17, 15) is 9.59 Å². The van der Waals surface area contributed by atoms with Gasteiger partial charge in [-0.25, -0.2) is 0 Å². The van der Waals surface area contributed by atoms with E-state index in [0.29, 0.717) is 24.9 Å². The van der Waals surface area contributed by atoms with Crippen molar-refractivity contribution in [3.8, 4) is 0 Å². The average molecular weight is 520 g/mol. The van der Waals surface area contributed by atoms with Gasteiger partial charge in [0.1, 0.15) is 0 Å². The molecule has 0 radical (unpaired) electrons. The predicted octanol–water partition coefficient (Wildman–Crippen LogP) is 3.12. The lowest BCUT2D eigenvalue weighted by Crippen LogP contribution is -2.47. The Hall–Kier alpha value is -1.61. The second-order valence-electron chi connectivity index (χ2n) is 8.68. The number of aromatic nitrogens is 1. The van der Waals surface area contributed by atoms with Gasteiger partial charge >= 0.3 is 0 Å². The summed E-state index contributed by atoms with van der Waals surface area (Å²) >= 11 is 5.20. The Kier molecular flexibility index (Phi) is 7.76. The van der Waals surface area contributed by atoms with Gasteiger partial charge in [-0.3, -0.25) is 9.59 Å². The lowest BCUT2D eigenvalue weighted by atomic mass is 9.80. The number of pyridine rings is 1. The molecule has 0 spiro atoms. The highest BCUT2D eigenvalue weighted by Gasteiger charge is 2.40. The first kappa shape index (κ1) is 23.5. The number of piperidine rings is 1. The first-order valence-corrected chi connectivity index (χ1v) is 12.9. The largest absolute Gasteiger partial charge is 0.396 e. The van der Waals surface area contributed by atoms with Crippen LogP contribution in [-0.4, -0.2) is 52.0 Å². The number of carbonyl (C=O) groups is 1. The number of amides is 1. The molecule has 1 saturated heterocycles. The fraction of sp³-hybridized carbons (Fsp3) is 0.500. The lowest BCUT2D eigenvalue weighted by molar-refractivity contribution is -0.138. The summed E-state index contributed by atoms with van der Waals surface area (Å²) in [6.07, 6.45) is 4.74. The van der Waals surface area contributed by atoms with E-state index < -0.39 is 0 Å². The number of thioether (sulfide) groups is 1. The molecule has 1 saturated carbocycles. The van der Waals surface area contributed by atoms with Gasteiger partial charge in [0.25, 0.3) is 5.56 Å². The van der Waals surface area contributed by atoms with Crippen LogP contribution < -0.4 is 10.9 Å². The molecule has 6 nitrogen and oxygen atoms in total. The molecule has 2 atom stereocenters. The summed E-state index contributed by atoms with van der Waals surface area (Å²) in [5, 5.41) is 12.5. The van der Waals surface area contributed by atoms with Gasteiger partial charge in [-0.1, -0.05) is 15.9 Å². The van der Waals surface area contributed by atoms with Crippen LogP contribution in [0.1, 0.15) is 36.3 Å². The summed E-state index contributed by atoms with van der Waals surface area (Å²) in [6.45, 7) is 2.20. The molecule has 1 aromatic carbocycles. The normalized spacial score (nSPS) is 20.8. The van der Waals surface area contributed by atoms with Gasteiger partial charge in [0.2, 0.25) is 5.91 Å². The lowest BCUT2D eigenvalue weighted by Gasteiger charge is -2.35. The first-order chi connectivity index (χ1) is 15.5. The van der Waals surface area contributed by atoms with Gasteiger partial charge in [0.05, 0.1) is 12.5 Å². The van der Waals surface area contributed by atoms with Crippen LogP contribution in [0.5, 0.6) is 0 Å². The predicted molar refractivity (Wildman–Crippen MR) is 131 cm³/mol. The minimum atomic E-state index is -0.174. The molecule has 4 rings (SSSR count). The number of hydrogen-bond acceptors (Lipinski definition) is 5. The second-order valence-corrected chi connectivity index (χ2v) is 10.8. The maximum Gasteiger partial charge on any atom is 0.250 e. The van der Waals surface area contributed by atoms with Crippen LogP contribution in [0.4, 0.5) is 0 Å². The highest BCUT2D eigenvalue weighted by molar-refractivity contribution is 9.10. The summed E-state index contributed by atoms with van der Waals surface area (Å²) < 4.78 is 2.55. The quantitative estimate of drug-likeness (QED) is 0.524. The van der Waals surface area contributed by atoms with Crippen molar-refractivity contribution >= 4 is 33.6 Å². The Bertz CT molecular complexity index is 1020. The van der Waals surface area contributed by atoms with Crippen molar-refractivity contribution in [1.29, 1.82) is 0 Å². The molecule has 2 N–H and O–H groups in total. The van der Waals surface area contributed by atoms with Crippen molar-refractivity contribution in [2.75, 3.05) is 25.4 Å². The Morgan fingerprint density at radius 1 is 1.28 bits per heavy atom. The number of hydrogen-bond donors (Lipinski definition) is 2. The molecule has 2 fully saturated rings. The topological polar surface area (TPSA) is 74.6 Å². The Morgan fingerprint density at radius 3 is 2.81 bits per heavy atom. The number of carbonyl (C=O) groups excluding carboxylic acids is 1. The third-order valence-corrected chi connectivity index (χ3v) is 7.68. The SMILES string of the molecule is Cn1ccc([C@H]2CCNC[C@@H]2C(=O)N(Cc2cc(Br)cc(SCCO)c2)C2CC2)cc1=O. The van der Waals surface area contributed by atoms with E-state index in [-0.39, 0.29) is 29.9 Å². The molecule has 2 heterocycles. The van der Waals surface area contributed by atoms with E-state index >= 15 is 0 Å². The van der Waals surface area contributed by atoms with Crippen molar-refractivity contribution < 1.29 is 9.90 Å². The Morgan fingerprint density at radius 2 is 2.09 bits per heavy atom. The number of halogens is 1. The molecule has 0 bridgehead atoms.